The molecule has 0 bridgehead atoms. The van der Waals surface area contributed by atoms with Crippen LogP contribution in [0, 0.1) is 18.9 Å². The van der Waals surface area contributed by atoms with Gasteiger partial charge in [-0.2, -0.15) is 7.05 Å². The van der Waals surface area contributed by atoms with Gasteiger partial charge in [0.25, 0.3) is 0 Å². The van der Waals surface area contributed by atoms with Gasteiger partial charge in [-0.05, 0) is 38.1 Å². The highest BCUT2D eigenvalue weighted by atomic mass is 14.8. The molecule has 2 heteroatoms. The fourth-order valence-corrected chi connectivity index (χ4v) is 1.94. The average Bonchev–Trinajstić information content (AvgIpc) is 2.07. The predicted octanol–water partition coefficient (Wildman–Crippen LogP) is 0.106. The molecule has 0 aliphatic heterocycles. The number of rotatable bonds is 3. The van der Waals surface area contributed by atoms with Crippen LogP contribution in [0.1, 0.15) is 25.7 Å². The summed E-state index contributed by atoms with van der Waals surface area (Å²) < 4.78 is 0. The van der Waals surface area contributed by atoms with Crippen molar-refractivity contribution >= 4 is 0 Å². The first-order chi connectivity index (χ1) is 5.36. The SMILES string of the molecule is [CH2-][NH2+]CC1CCC(CN)CC1. The lowest BCUT2D eigenvalue weighted by atomic mass is 9.82. The van der Waals surface area contributed by atoms with E-state index in [1.54, 1.807) is 0 Å². The summed E-state index contributed by atoms with van der Waals surface area (Å²) in [6.07, 6.45) is 5.42. The van der Waals surface area contributed by atoms with Gasteiger partial charge >= 0.3 is 0 Å². The lowest BCUT2D eigenvalue weighted by molar-refractivity contribution is -0.602. The summed E-state index contributed by atoms with van der Waals surface area (Å²) in [5.41, 5.74) is 5.60. The zero-order chi connectivity index (χ0) is 8.10. The van der Waals surface area contributed by atoms with Gasteiger partial charge < -0.3 is 11.1 Å². The van der Waals surface area contributed by atoms with Gasteiger partial charge in [0.15, 0.2) is 0 Å². The van der Waals surface area contributed by atoms with Crippen molar-refractivity contribution in [3.05, 3.63) is 7.05 Å². The third-order valence-corrected chi connectivity index (χ3v) is 2.80. The van der Waals surface area contributed by atoms with Crippen molar-refractivity contribution in [3.63, 3.8) is 0 Å². The lowest BCUT2D eigenvalue weighted by Gasteiger charge is -2.26. The van der Waals surface area contributed by atoms with Gasteiger partial charge in [0.2, 0.25) is 0 Å². The second kappa shape index (κ2) is 4.73. The van der Waals surface area contributed by atoms with Crippen LogP contribution in [0.2, 0.25) is 0 Å². The smallest absolute Gasteiger partial charge is 0.0544 e. The van der Waals surface area contributed by atoms with Gasteiger partial charge in [-0.25, -0.2) is 0 Å². The second-order valence-electron chi connectivity index (χ2n) is 3.65. The van der Waals surface area contributed by atoms with E-state index >= 15 is 0 Å². The Morgan fingerprint density at radius 2 is 1.73 bits per heavy atom. The van der Waals surface area contributed by atoms with E-state index in [0.717, 1.165) is 18.4 Å². The van der Waals surface area contributed by atoms with E-state index in [1.165, 1.54) is 32.2 Å². The van der Waals surface area contributed by atoms with Crippen LogP contribution in [0.4, 0.5) is 0 Å². The van der Waals surface area contributed by atoms with Crippen LogP contribution in [0.25, 0.3) is 0 Å². The summed E-state index contributed by atoms with van der Waals surface area (Å²) in [6.45, 7) is 2.10. The molecule has 0 atom stereocenters. The summed E-state index contributed by atoms with van der Waals surface area (Å²) in [4.78, 5) is 0. The topological polar surface area (TPSA) is 42.6 Å². The van der Waals surface area contributed by atoms with Crippen LogP contribution in [-0.4, -0.2) is 13.1 Å². The zero-order valence-electron chi connectivity index (χ0n) is 7.26. The van der Waals surface area contributed by atoms with Crippen LogP contribution >= 0.6 is 0 Å². The van der Waals surface area contributed by atoms with Gasteiger partial charge in [0.1, 0.15) is 0 Å². The molecular weight excluding hydrogens is 136 g/mol. The summed E-state index contributed by atoms with van der Waals surface area (Å²) >= 11 is 0. The Hall–Kier alpha value is -0.0800. The first-order valence-corrected chi connectivity index (χ1v) is 4.67. The van der Waals surface area contributed by atoms with Gasteiger partial charge in [-0.3, -0.25) is 0 Å². The second-order valence-corrected chi connectivity index (χ2v) is 3.65. The van der Waals surface area contributed by atoms with Crippen molar-refractivity contribution in [1.82, 2.24) is 0 Å². The fraction of sp³-hybridized carbons (Fsp3) is 0.889. The molecule has 11 heavy (non-hydrogen) atoms. The minimum atomic E-state index is 0.816. The number of hydrogen-bond acceptors (Lipinski definition) is 1. The van der Waals surface area contributed by atoms with Crippen molar-refractivity contribution < 1.29 is 5.32 Å². The lowest BCUT2D eigenvalue weighted by Crippen LogP contribution is -2.78. The van der Waals surface area contributed by atoms with E-state index in [2.05, 4.69) is 7.05 Å². The maximum absolute atomic E-state index is 5.60. The standard InChI is InChI=1S/C9H20N2/c1-11-7-9-4-2-8(6-10)3-5-9/h8-9H,1-7,10-11H2. The minimum absolute atomic E-state index is 0.816. The van der Waals surface area contributed by atoms with Crippen molar-refractivity contribution in [2.75, 3.05) is 13.1 Å². The highest BCUT2D eigenvalue weighted by Crippen LogP contribution is 2.26. The summed E-state index contributed by atoms with van der Waals surface area (Å²) in [7, 11) is 3.77. The number of quaternary nitrogens is 1. The molecule has 0 saturated heterocycles. The van der Waals surface area contributed by atoms with Crippen molar-refractivity contribution in [2.45, 2.75) is 25.7 Å². The van der Waals surface area contributed by atoms with E-state index in [0.29, 0.717) is 0 Å². The van der Waals surface area contributed by atoms with Gasteiger partial charge in [-0.15, -0.1) is 0 Å². The molecule has 1 rings (SSSR count). The highest BCUT2D eigenvalue weighted by Gasteiger charge is 2.19. The molecule has 0 unspecified atom stereocenters. The predicted molar refractivity (Wildman–Crippen MR) is 46.7 cm³/mol. The van der Waals surface area contributed by atoms with Crippen LogP contribution in [0.15, 0.2) is 0 Å². The number of nitrogens with two attached hydrogens (primary N) is 2. The molecule has 2 nitrogen and oxygen atoms in total. The maximum Gasteiger partial charge on any atom is 0.0544 e. The molecule has 0 heterocycles. The van der Waals surface area contributed by atoms with Crippen LogP contribution in [0.3, 0.4) is 0 Å². The quantitative estimate of drug-likeness (QED) is 0.559. The normalized spacial score (nSPS) is 32.2. The monoisotopic (exact) mass is 156 g/mol. The van der Waals surface area contributed by atoms with E-state index in [9.17, 15) is 0 Å². The molecule has 1 saturated carbocycles. The third kappa shape index (κ3) is 2.80. The molecular formula is C9H20N2. The molecule has 0 amide bonds. The van der Waals surface area contributed by atoms with E-state index in [1.807, 2.05) is 5.32 Å². The molecule has 0 spiro atoms. The van der Waals surface area contributed by atoms with Crippen LogP contribution in [-0.2, 0) is 0 Å². The maximum atomic E-state index is 5.60. The fourth-order valence-electron chi connectivity index (χ4n) is 1.94. The average molecular weight is 156 g/mol. The Bertz CT molecular complexity index is 95.7. The first kappa shape index (κ1) is 9.01. The van der Waals surface area contributed by atoms with Gasteiger partial charge in [0.05, 0.1) is 6.54 Å². The highest BCUT2D eigenvalue weighted by molar-refractivity contribution is 4.71. The molecule has 1 aliphatic carbocycles. The largest absolute Gasteiger partial charge is 0.479 e. The summed E-state index contributed by atoms with van der Waals surface area (Å²) in [5, 5.41) is 2.05. The van der Waals surface area contributed by atoms with E-state index in [-0.39, 0.29) is 0 Å². The van der Waals surface area contributed by atoms with Crippen LogP contribution < -0.4 is 11.1 Å². The zero-order valence-corrected chi connectivity index (χ0v) is 7.26. The Labute approximate surface area is 69.5 Å². The first-order valence-electron chi connectivity index (χ1n) is 4.67. The van der Waals surface area contributed by atoms with Crippen molar-refractivity contribution in [2.24, 2.45) is 17.6 Å². The summed E-state index contributed by atoms with van der Waals surface area (Å²) in [6, 6.07) is 0. The molecule has 1 fully saturated rings. The van der Waals surface area contributed by atoms with E-state index < -0.39 is 0 Å². The molecule has 0 radical (unpaired) electrons. The van der Waals surface area contributed by atoms with Crippen molar-refractivity contribution in [1.29, 1.82) is 0 Å². The molecule has 66 valence electrons. The summed E-state index contributed by atoms with van der Waals surface area (Å²) in [5.74, 6) is 1.73. The molecule has 1 aliphatic rings. The van der Waals surface area contributed by atoms with Gasteiger partial charge in [0, 0.05) is 5.92 Å². The third-order valence-electron chi connectivity index (χ3n) is 2.80. The molecule has 4 N–H and O–H groups in total. The van der Waals surface area contributed by atoms with Gasteiger partial charge in [-0.1, -0.05) is 0 Å². The minimum Gasteiger partial charge on any atom is -0.479 e. The van der Waals surface area contributed by atoms with E-state index in [4.69, 9.17) is 5.73 Å². The Morgan fingerprint density at radius 3 is 2.18 bits per heavy atom. The number of hydrogen-bond donors (Lipinski definition) is 2. The molecule has 0 aromatic rings. The molecule has 0 aromatic carbocycles. The van der Waals surface area contributed by atoms with Crippen molar-refractivity contribution in [3.8, 4) is 0 Å². The Morgan fingerprint density at radius 1 is 1.18 bits per heavy atom. The Balaban J connectivity index is 2.14. The Kier molecular flexibility index (Phi) is 3.87. The molecule has 0 aromatic heterocycles. The van der Waals surface area contributed by atoms with Crippen LogP contribution in [0.5, 0.6) is 0 Å².